The first-order valence-corrected chi connectivity index (χ1v) is 8.76. The van der Waals surface area contributed by atoms with Gasteiger partial charge in [0.15, 0.2) is 0 Å². The molecule has 100 valence electrons. The van der Waals surface area contributed by atoms with Crippen LogP contribution < -0.4 is 5.32 Å². The maximum absolute atomic E-state index is 12.2. The highest BCUT2D eigenvalue weighted by Crippen LogP contribution is 2.31. The number of carbonyl (C=O) groups excluding carboxylic acids is 1. The molecule has 1 aliphatic rings. The van der Waals surface area contributed by atoms with Crippen LogP contribution in [0.3, 0.4) is 0 Å². The molecule has 0 aromatic carbocycles. The first kappa shape index (κ1) is 14.5. The van der Waals surface area contributed by atoms with Gasteiger partial charge >= 0.3 is 0 Å². The van der Waals surface area contributed by atoms with Gasteiger partial charge in [-0.05, 0) is 30.7 Å². The number of alkyl halides is 2. The molecule has 2 nitrogen and oxygen atoms in total. The second-order valence-electron chi connectivity index (χ2n) is 4.64. The molecule has 2 rings (SSSR count). The summed E-state index contributed by atoms with van der Waals surface area (Å²) < 4.78 is 0. The Labute approximate surface area is 125 Å². The summed E-state index contributed by atoms with van der Waals surface area (Å²) in [6.07, 6.45) is 1.07. The number of thiophene rings is 1. The van der Waals surface area contributed by atoms with Crippen LogP contribution in [-0.2, 0) is 12.2 Å². The molecule has 0 atom stereocenters. The Morgan fingerprint density at radius 3 is 2.83 bits per heavy atom. The highest BCUT2D eigenvalue weighted by molar-refractivity contribution is 7.98. The average molecular weight is 324 g/mol. The van der Waals surface area contributed by atoms with Gasteiger partial charge in [0.1, 0.15) is 0 Å². The monoisotopic (exact) mass is 323 g/mol. The van der Waals surface area contributed by atoms with Gasteiger partial charge in [0, 0.05) is 22.4 Å². The van der Waals surface area contributed by atoms with E-state index in [9.17, 15) is 4.79 Å². The van der Waals surface area contributed by atoms with Gasteiger partial charge < -0.3 is 5.32 Å². The topological polar surface area (TPSA) is 29.1 Å². The van der Waals surface area contributed by atoms with Crippen LogP contribution in [0, 0.1) is 0 Å². The lowest BCUT2D eigenvalue weighted by molar-refractivity contribution is 0.0925. The summed E-state index contributed by atoms with van der Waals surface area (Å²) in [6, 6.07) is 2.00. The number of hydrogen-bond acceptors (Lipinski definition) is 3. The molecular weight excluding hydrogens is 309 g/mol. The van der Waals surface area contributed by atoms with Crippen LogP contribution >= 0.6 is 46.3 Å². The Hall–Kier alpha value is 0.1000. The Morgan fingerprint density at radius 2 is 2.22 bits per heavy atom. The van der Waals surface area contributed by atoms with Crippen LogP contribution in [0.4, 0.5) is 0 Å². The van der Waals surface area contributed by atoms with E-state index < -0.39 is 5.54 Å². The molecule has 0 aliphatic carbocycles. The van der Waals surface area contributed by atoms with Gasteiger partial charge in [-0.25, -0.2) is 0 Å². The van der Waals surface area contributed by atoms with Crippen molar-refractivity contribution in [3.8, 4) is 0 Å². The van der Waals surface area contributed by atoms with Gasteiger partial charge in [-0.3, -0.25) is 4.79 Å². The summed E-state index contributed by atoms with van der Waals surface area (Å²) in [5, 5.41) is 2.92. The summed E-state index contributed by atoms with van der Waals surface area (Å²) in [6.45, 7) is 1.86. The zero-order valence-electron chi connectivity index (χ0n) is 10.1. The van der Waals surface area contributed by atoms with Crippen LogP contribution in [0.25, 0.3) is 0 Å². The van der Waals surface area contributed by atoms with Crippen LogP contribution in [0.5, 0.6) is 0 Å². The molecule has 18 heavy (non-hydrogen) atoms. The quantitative estimate of drug-likeness (QED) is 0.859. The molecule has 1 aliphatic heterocycles. The van der Waals surface area contributed by atoms with Crippen molar-refractivity contribution < 1.29 is 4.79 Å². The molecule has 1 aromatic rings. The van der Waals surface area contributed by atoms with E-state index in [4.69, 9.17) is 23.2 Å². The van der Waals surface area contributed by atoms with Crippen molar-refractivity contribution in [1.82, 2.24) is 5.32 Å². The average Bonchev–Trinajstić information content (AvgIpc) is 2.82. The highest BCUT2D eigenvalue weighted by Gasteiger charge is 2.26. The molecule has 0 saturated carbocycles. The van der Waals surface area contributed by atoms with Crippen LogP contribution in [0.1, 0.15) is 27.0 Å². The van der Waals surface area contributed by atoms with Gasteiger partial charge in [-0.2, -0.15) is 11.8 Å². The summed E-state index contributed by atoms with van der Waals surface area (Å²) in [7, 11) is 0. The maximum atomic E-state index is 12.2. The summed E-state index contributed by atoms with van der Waals surface area (Å²) in [5.41, 5.74) is 0.763. The summed E-state index contributed by atoms with van der Waals surface area (Å²) in [4.78, 5) is 14.3. The number of thioether (sulfide) groups is 1. The molecule has 0 spiro atoms. The van der Waals surface area contributed by atoms with Crippen molar-refractivity contribution in [1.29, 1.82) is 0 Å². The van der Waals surface area contributed by atoms with Crippen LogP contribution in [0.2, 0.25) is 0 Å². The zero-order chi connectivity index (χ0) is 13.2. The maximum Gasteiger partial charge on any atom is 0.261 e. The Bertz CT molecular complexity index is 420. The number of nitrogens with one attached hydrogen (secondary N) is 1. The van der Waals surface area contributed by atoms with E-state index >= 15 is 0 Å². The number of rotatable bonds is 4. The van der Waals surface area contributed by atoms with Crippen LogP contribution in [0.15, 0.2) is 6.07 Å². The molecule has 0 saturated heterocycles. The smallest absolute Gasteiger partial charge is 0.261 e. The molecule has 1 N–H and O–H groups in total. The van der Waals surface area contributed by atoms with E-state index in [0.29, 0.717) is 11.8 Å². The minimum atomic E-state index is -0.542. The van der Waals surface area contributed by atoms with E-state index in [1.165, 1.54) is 10.4 Å². The summed E-state index contributed by atoms with van der Waals surface area (Å²) >= 11 is 15.2. The molecule has 6 heteroatoms. The standard InChI is InChI=1S/C12H15Cl2NOS2/c1-12(6-13,7-14)15-11(16)10-4-8-5-17-3-2-9(8)18-10/h4H,2-3,5-7H2,1H3,(H,15,16). The number of carbonyl (C=O) groups is 1. The van der Waals surface area contributed by atoms with Crippen molar-refractivity contribution >= 4 is 52.2 Å². The first-order valence-electron chi connectivity index (χ1n) is 5.72. The Kier molecular flexibility index (Phi) is 4.86. The highest BCUT2D eigenvalue weighted by atomic mass is 35.5. The van der Waals surface area contributed by atoms with Crippen molar-refractivity contribution in [2.75, 3.05) is 17.5 Å². The lowest BCUT2D eigenvalue weighted by Gasteiger charge is -2.25. The van der Waals surface area contributed by atoms with Crippen molar-refractivity contribution in [3.05, 3.63) is 21.4 Å². The van der Waals surface area contributed by atoms with E-state index in [1.807, 2.05) is 24.8 Å². The minimum absolute atomic E-state index is 0.0665. The second kappa shape index (κ2) is 6.04. The van der Waals surface area contributed by atoms with Gasteiger partial charge in [-0.1, -0.05) is 0 Å². The zero-order valence-corrected chi connectivity index (χ0v) is 13.2. The van der Waals surface area contributed by atoms with Crippen molar-refractivity contribution in [2.45, 2.75) is 24.6 Å². The van der Waals surface area contributed by atoms with Crippen molar-refractivity contribution in [3.63, 3.8) is 0 Å². The largest absolute Gasteiger partial charge is 0.344 e. The van der Waals surface area contributed by atoms with E-state index in [2.05, 4.69) is 5.32 Å². The third-order valence-electron chi connectivity index (χ3n) is 2.86. The number of halogens is 2. The number of hydrogen-bond donors (Lipinski definition) is 1. The SMILES string of the molecule is CC(CCl)(CCl)NC(=O)c1cc2c(s1)CCSC2. The van der Waals surface area contributed by atoms with E-state index in [0.717, 1.165) is 22.8 Å². The molecule has 1 aromatic heterocycles. The van der Waals surface area contributed by atoms with Gasteiger partial charge in [0.25, 0.3) is 5.91 Å². The molecule has 0 radical (unpaired) electrons. The molecule has 0 bridgehead atoms. The molecule has 0 unspecified atom stereocenters. The molecule has 2 heterocycles. The predicted octanol–water partition coefficient (Wildman–Crippen LogP) is 3.50. The fourth-order valence-electron chi connectivity index (χ4n) is 1.70. The molecular formula is C12H15Cl2NOS2. The van der Waals surface area contributed by atoms with Gasteiger partial charge in [-0.15, -0.1) is 34.5 Å². The third kappa shape index (κ3) is 3.16. The predicted molar refractivity (Wildman–Crippen MR) is 81.5 cm³/mol. The lowest BCUT2D eigenvalue weighted by Crippen LogP contribution is -2.49. The fourth-order valence-corrected chi connectivity index (χ4v) is 4.38. The third-order valence-corrected chi connectivity index (χ3v) is 6.28. The Balaban J connectivity index is 2.11. The van der Waals surface area contributed by atoms with Crippen molar-refractivity contribution in [2.24, 2.45) is 0 Å². The minimum Gasteiger partial charge on any atom is -0.344 e. The van der Waals surface area contributed by atoms with Crippen LogP contribution in [-0.4, -0.2) is 29.0 Å². The Morgan fingerprint density at radius 1 is 1.50 bits per heavy atom. The first-order chi connectivity index (χ1) is 8.58. The molecule has 1 amide bonds. The lowest BCUT2D eigenvalue weighted by atomic mass is 10.1. The van der Waals surface area contributed by atoms with E-state index in [1.54, 1.807) is 11.3 Å². The number of fused-ring (bicyclic) bond motifs is 1. The molecule has 0 fully saturated rings. The normalized spacial score (nSPS) is 15.3. The van der Waals surface area contributed by atoms with E-state index in [-0.39, 0.29) is 5.91 Å². The van der Waals surface area contributed by atoms with Gasteiger partial charge in [0.05, 0.1) is 10.4 Å². The fraction of sp³-hybridized carbons (Fsp3) is 0.583. The number of amides is 1. The second-order valence-corrected chi connectivity index (χ2v) is 7.42. The van der Waals surface area contributed by atoms with Gasteiger partial charge in [0.2, 0.25) is 0 Å². The summed E-state index contributed by atoms with van der Waals surface area (Å²) in [5.74, 6) is 2.71. The number of aryl methyl sites for hydroxylation is 1.